The summed E-state index contributed by atoms with van der Waals surface area (Å²) in [5.41, 5.74) is 0. The van der Waals surface area contributed by atoms with Gasteiger partial charge in [-0.15, -0.1) is 0 Å². The zero-order chi connectivity index (χ0) is 6.85. The van der Waals surface area contributed by atoms with Crippen molar-refractivity contribution in [1.82, 2.24) is 0 Å². The molecule has 3 atom stereocenters. The van der Waals surface area contributed by atoms with Crippen LogP contribution in [0.5, 0.6) is 0 Å². The summed E-state index contributed by atoms with van der Waals surface area (Å²) >= 11 is 3.18. The third kappa shape index (κ3) is 2.20. The summed E-state index contributed by atoms with van der Waals surface area (Å²) in [5.74, 6) is 1.07. The Labute approximate surface area is 81.6 Å². The molecule has 0 radical (unpaired) electrons. The summed E-state index contributed by atoms with van der Waals surface area (Å²) in [6.45, 7) is 4.80. The van der Waals surface area contributed by atoms with E-state index in [2.05, 4.69) is 36.4 Å². The number of rotatable bonds is 1. The number of halogens is 2. The third-order valence-electron chi connectivity index (χ3n) is 1.97. The Bertz CT molecular complexity index is 90.9. The molecule has 9 heavy (non-hydrogen) atoms. The molecule has 1 fully saturated rings. The molecule has 2 heteroatoms. The van der Waals surface area contributed by atoms with Crippen LogP contribution in [-0.2, 0) is 0 Å². The first kappa shape index (κ1) is 8.56. The van der Waals surface area contributed by atoms with Gasteiger partial charge in [0.1, 0.15) is 0 Å². The monoisotopic (exact) mass is 351 g/mol. The van der Waals surface area contributed by atoms with Gasteiger partial charge in [0, 0.05) is 0 Å². The van der Waals surface area contributed by atoms with Gasteiger partial charge in [-0.1, -0.05) is 0 Å². The predicted octanol–water partition coefficient (Wildman–Crippen LogP) is -0.693. The average Bonchev–Trinajstić information content (AvgIpc) is 2.13. The van der Waals surface area contributed by atoms with Gasteiger partial charge in [-0.25, -0.2) is 0 Å². The van der Waals surface area contributed by atoms with Crippen molar-refractivity contribution >= 4 is 22.6 Å². The van der Waals surface area contributed by atoms with Crippen LogP contribution in [-0.4, -0.2) is 12.3 Å². The fourth-order valence-corrected chi connectivity index (χ4v) is 6.77. The Morgan fingerprint density at radius 2 is 2.33 bits per heavy atom. The maximum atomic E-state index is 2.58. The van der Waals surface area contributed by atoms with Crippen molar-refractivity contribution in [1.29, 1.82) is 0 Å². The van der Waals surface area contributed by atoms with Crippen LogP contribution in [0.25, 0.3) is 0 Å². The average molecular weight is 351 g/mol. The van der Waals surface area contributed by atoms with Gasteiger partial charge in [-0.3, -0.25) is 0 Å². The van der Waals surface area contributed by atoms with E-state index in [4.69, 9.17) is 0 Å². The maximum absolute atomic E-state index is 2.58. The summed E-state index contributed by atoms with van der Waals surface area (Å²) < 4.78 is 3.61. The van der Waals surface area contributed by atoms with E-state index in [1.807, 2.05) is 0 Å². The van der Waals surface area contributed by atoms with Crippen LogP contribution in [0.4, 0.5) is 0 Å². The number of hydrogen-bond donors (Lipinski definition) is 0. The molecule has 0 bridgehead atoms. The van der Waals surface area contributed by atoms with Gasteiger partial charge >= 0.3 is 82.3 Å². The molecular formula is C7H13I2-. The molecule has 0 N–H and O–H groups in total. The van der Waals surface area contributed by atoms with Crippen LogP contribution in [0, 0.1) is 5.92 Å². The van der Waals surface area contributed by atoms with Crippen LogP contribution in [0.3, 0.4) is 0 Å². The molecule has 0 aromatic carbocycles. The molecule has 1 saturated heterocycles. The fraction of sp³-hybridized carbons (Fsp3) is 1.00. The van der Waals surface area contributed by atoms with E-state index >= 15 is 0 Å². The molecular weight excluding hydrogens is 338 g/mol. The molecule has 1 heterocycles. The molecule has 0 amide bonds. The minimum absolute atomic E-state index is 0.601. The van der Waals surface area contributed by atoms with Crippen molar-refractivity contribution < 1.29 is 21.2 Å². The first-order valence-electron chi connectivity index (χ1n) is 3.43. The standard InChI is InChI=1S/C7H13I2/c1-5(8)7-3-4-9-6(7)2/h5-7H,3-4H2,1-2H3/q-1. The molecule has 0 aromatic heterocycles. The second kappa shape index (κ2) is 3.74. The molecule has 56 valence electrons. The van der Waals surface area contributed by atoms with E-state index in [1.54, 1.807) is 4.43 Å². The van der Waals surface area contributed by atoms with Gasteiger partial charge in [0.05, 0.1) is 0 Å². The molecule has 1 aliphatic heterocycles. The second-order valence-electron chi connectivity index (χ2n) is 2.65. The summed E-state index contributed by atoms with van der Waals surface area (Å²) in [7, 11) is 0. The van der Waals surface area contributed by atoms with Crippen LogP contribution in [0.1, 0.15) is 20.3 Å². The summed E-state index contributed by atoms with van der Waals surface area (Å²) in [5, 5.41) is 0. The first-order valence-corrected chi connectivity index (χ1v) is 7.45. The minimum atomic E-state index is 0.601. The van der Waals surface area contributed by atoms with Crippen LogP contribution in [0.15, 0.2) is 0 Å². The zero-order valence-electron chi connectivity index (χ0n) is 5.90. The van der Waals surface area contributed by atoms with Gasteiger partial charge < -0.3 is 0 Å². The predicted molar refractivity (Wildman–Crippen MR) is 45.9 cm³/mol. The van der Waals surface area contributed by atoms with E-state index in [0.29, 0.717) is 21.2 Å². The van der Waals surface area contributed by atoms with Crippen molar-refractivity contribution in [3.05, 3.63) is 0 Å². The van der Waals surface area contributed by atoms with Crippen molar-refractivity contribution in [3.8, 4) is 0 Å². The molecule has 3 unspecified atom stereocenters. The Morgan fingerprint density at radius 1 is 1.67 bits per heavy atom. The summed E-state index contributed by atoms with van der Waals surface area (Å²) in [6.07, 6.45) is 1.53. The van der Waals surface area contributed by atoms with E-state index in [-0.39, 0.29) is 0 Å². The van der Waals surface area contributed by atoms with Gasteiger partial charge in [0.25, 0.3) is 0 Å². The van der Waals surface area contributed by atoms with Gasteiger partial charge in [0.2, 0.25) is 0 Å². The molecule has 0 saturated carbocycles. The van der Waals surface area contributed by atoms with Crippen molar-refractivity contribution in [3.63, 3.8) is 0 Å². The van der Waals surface area contributed by atoms with Crippen molar-refractivity contribution in [2.75, 3.05) is 4.43 Å². The Morgan fingerprint density at radius 3 is 2.56 bits per heavy atom. The summed E-state index contributed by atoms with van der Waals surface area (Å²) in [4.78, 5) is 0. The van der Waals surface area contributed by atoms with Crippen LogP contribution >= 0.6 is 22.6 Å². The third-order valence-corrected chi connectivity index (χ3v) is 6.46. The molecule has 0 spiro atoms. The van der Waals surface area contributed by atoms with Crippen LogP contribution < -0.4 is 21.2 Å². The van der Waals surface area contributed by atoms with E-state index in [9.17, 15) is 0 Å². The fourth-order valence-electron chi connectivity index (χ4n) is 1.30. The first-order chi connectivity index (χ1) is 4.22. The van der Waals surface area contributed by atoms with E-state index in [1.165, 1.54) is 6.42 Å². The Kier molecular flexibility index (Phi) is 3.55. The molecule has 0 aromatic rings. The van der Waals surface area contributed by atoms with Crippen molar-refractivity contribution in [2.24, 2.45) is 5.92 Å². The van der Waals surface area contributed by atoms with Gasteiger partial charge in [-0.2, -0.15) is 0 Å². The SMILES string of the molecule is CC(I)C1CC[I-]C1C. The zero-order valence-corrected chi connectivity index (χ0v) is 10.2. The molecule has 0 aliphatic carbocycles. The van der Waals surface area contributed by atoms with Gasteiger partial charge in [-0.05, 0) is 0 Å². The number of hydrogen-bond acceptors (Lipinski definition) is 0. The molecule has 1 aliphatic rings. The Hall–Kier alpha value is 1.46. The molecule has 0 nitrogen and oxygen atoms in total. The second-order valence-corrected chi connectivity index (χ2v) is 8.54. The van der Waals surface area contributed by atoms with E-state index in [0.717, 1.165) is 13.8 Å². The van der Waals surface area contributed by atoms with Gasteiger partial charge in [0.15, 0.2) is 0 Å². The Balaban J connectivity index is 2.40. The number of alkyl halides is 3. The van der Waals surface area contributed by atoms with Crippen LogP contribution in [0.2, 0.25) is 0 Å². The van der Waals surface area contributed by atoms with Crippen molar-refractivity contribution in [2.45, 2.75) is 28.1 Å². The topological polar surface area (TPSA) is 0 Å². The van der Waals surface area contributed by atoms with E-state index < -0.39 is 0 Å². The normalized spacial score (nSPS) is 39.9. The molecule has 1 rings (SSSR count). The summed E-state index contributed by atoms with van der Waals surface area (Å²) in [6, 6.07) is 0. The quantitative estimate of drug-likeness (QED) is 0.434.